The zero-order valence-corrected chi connectivity index (χ0v) is 6.42. The van der Waals surface area contributed by atoms with Crippen LogP contribution in [0.1, 0.15) is 25.7 Å². The molecule has 0 aliphatic heterocycles. The summed E-state index contributed by atoms with van der Waals surface area (Å²) in [4.78, 5) is 10.8. The van der Waals surface area contributed by atoms with Crippen molar-refractivity contribution in [1.29, 1.82) is 0 Å². The first kappa shape index (κ1) is 7.10. The summed E-state index contributed by atoms with van der Waals surface area (Å²) in [6.07, 6.45) is 3.96. The van der Waals surface area contributed by atoms with Gasteiger partial charge in [-0.2, -0.15) is 0 Å². The van der Waals surface area contributed by atoms with Crippen molar-refractivity contribution in [3.05, 3.63) is 0 Å². The fourth-order valence-electron chi connectivity index (χ4n) is 2.63. The monoisotopic (exact) mass is 155 g/mol. The molecule has 0 spiro atoms. The summed E-state index contributed by atoms with van der Waals surface area (Å²) >= 11 is 0. The van der Waals surface area contributed by atoms with Gasteiger partial charge in [-0.25, -0.2) is 0 Å². The highest BCUT2D eigenvalue weighted by Gasteiger charge is 2.53. The molecule has 0 aromatic carbocycles. The third kappa shape index (κ3) is 0.805. The van der Waals surface area contributed by atoms with Crippen LogP contribution < -0.4 is 5.73 Å². The lowest BCUT2D eigenvalue weighted by atomic mass is 9.82. The molecule has 3 atom stereocenters. The molecule has 2 aliphatic carbocycles. The molecule has 62 valence electrons. The minimum Gasteiger partial charge on any atom is -0.480 e. The Morgan fingerprint density at radius 1 is 1.55 bits per heavy atom. The molecule has 0 aromatic rings. The van der Waals surface area contributed by atoms with Crippen molar-refractivity contribution in [3.8, 4) is 0 Å². The highest BCUT2D eigenvalue weighted by atomic mass is 16.4. The lowest BCUT2D eigenvalue weighted by molar-refractivity contribution is -0.145. The largest absolute Gasteiger partial charge is 0.480 e. The topological polar surface area (TPSA) is 63.3 Å². The molecule has 3 heteroatoms. The molecular weight excluding hydrogens is 142 g/mol. The predicted octanol–water partition coefficient (Wildman–Crippen LogP) is 0.588. The van der Waals surface area contributed by atoms with Crippen LogP contribution in [0.4, 0.5) is 0 Å². The zero-order chi connectivity index (χ0) is 8.06. The van der Waals surface area contributed by atoms with Gasteiger partial charge in [0, 0.05) is 0 Å². The van der Waals surface area contributed by atoms with Crippen LogP contribution in [0.15, 0.2) is 0 Å². The van der Waals surface area contributed by atoms with E-state index in [1.54, 1.807) is 0 Å². The van der Waals surface area contributed by atoms with Gasteiger partial charge in [0.1, 0.15) is 5.54 Å². The number of hydrogen-bond acceptors (Lipinski definition) is 2. The van der Waals surface area contributed by atoms with Gasteiger partial charge in [-0.1, -0.05) is 6.42 Å². The van der Waals surface area contributed by atoms with Crippen LogP contribution in [0, 0.1) is 11.8 Å². The molecular formula is C8H13NO2. The molecule has 0 saturated heterocycles. The van der Waals surface area contributed by atoms with Crippen LogP contribution >= 0.6 is 0 Å². The first-order chi connectivity index (χ1) is 5.13. The molecule has 2 saturated carbocycles. The normalized spacial score (nSPS) is 48.1. The second-order valence-electron chi connectivity index (χ2n) is 3.93. The summed E-state index contributed by atoms with van der Waals surface area (Å²) in [6, 6.07) is 0. The van der Waals surface area contributed by atoms with Gasteiger partial charge in [0.25, 0.3) is 0 Å². The van der Waals surface area contributed by atoms with Crippen LogP contribution in [-0.2, 0) is 4.79 Å². The van der Waals surface area contributed by atoms with Gasteiger partial charge in [0.05, 0.1) is 0 Å². The SMILES string of the molecule is N[C@]1(C(=O)O)C[C@@H]2CC[C@H]1C2. The van der Waals surface area contributed by atoms with Crippen molar-refractivity contribution < 1.29 is 9.90 Å². The standard InChI is InChI=1S/C8H13NO2/c9-8(7(10)11)4-5-1-2-6(8)3-5/h5-6H,1-4,9H2,(H,10,11)/t5-,6+,8-/m1/s1. The molecule has 2 bridgehead atoms. The van der Waals surface area contributed by atoms with Gasteiger partial charge >= 0.3 is 5.97 Å². The van der Waals surface area contributed by atoms with Crippen molar-refractivity contribution in [1.82, 2.24) is 0 Å². The number of carboxylic acids is 1. The summed E-state index contributed by atoms with van der Waals surface area (Å²) < 4.78 is 0. The fraction of sp³-hybridized carbons (Fsp3) is 0.875. The third-order valence-corrected chi connectivity index (χ3v) is 3.29. The van der Waals surface area contributed by atoms with Crippen molar-refractivity contribution in [2.24, 2.45) is 17.6 Å². The Hall–Kier alpha value is -0.570. The quantitative estimate of drug-likeness (QED) is 0.582. The highest BCUT2D eigenvalue weighted by molar-refractivity contribution is 5.79. The predicted molar refractivity (Wildman–Crippen MR) is 40.0 cm³/mol. The Kier molecular flexibility index (Phi) is 1.27. The van der Waals surface area contributed by atoms with E-state index in [0.29, 0.717) is 12.3 Å². The minimum absolute atomic E-state index is 0.255. The van der Waals surface area contributed by atoms with E-state index in [4.69, 9.17) is 10.8 Å². The molecule has 2 aliphatic rings. The summed E-state index contributed by atoms with van der Waals surface area (Å²) in [7, 11) is 0. The number of carboxylic acid groups (broad SMARTS) is 1. The molecule has 2 rings (SSSR count). The number of fused-ring (bicyclic) bond motifs is 2. The molecule has 0 amide bonds. The second kappa shape index (κ2) is 1.97. The van der Waals surface area contributed by atoms with Gasteiger partial charge in [-0.3, -0.25) is 4.79 Å². The summed E-state index contributed by atoms with van der Waals surface area (Å²) in [5.41, 5.74) is 4.92. The Morgan fingerprint density at radius 3 is 2.55 bits per heavy atom. The zero-order valence-electron chi connectivity index (χ0n) is 6.42. The smallest absolute Gasteiger partial charge is 0.323 e. The van der Waals surface area contributed by atoms with Crippen molar-refractivity contribution in [2.75, 3.05) is 0 Å². The molecule has 3 N–H and O–H groups in total. The lowest BCUT2D eigenvalue weighted by Gasteiger charge is -2.28. The molecule has 2 fully saturated rings. The molecule has 3 nitrogen and oxygen atoms in total. The minimum atomic E-state index is -0.872. The number of rotatable bonds is 1. The van der Waals surface area contributed by atoms with Gasteiger partial charge in [-0.05, 0) is 31.1 Å². The Morgan fingerprint density at radius 2 is 2.27 bits per heavy atom. The van der Waals surface area contributed by atoms with E-state index in [2.05, 4.69) is 0 Å². The number of hydrogen-bond donors (Lipinski definition) is 2. The van der Waals surface area contributed by atoms with Crippen molar-refractivity contribution in [2.45, 2.75) is 31.2 Å². The average molecular weight is 155 g/mol. The maximum Gasteiger partial charge on any atom is 0.323 e. The summed E-state index contributed by atoms with van der Waals surface area (Å²) in [5.74, 6) is 0.0517. The molecule has 0 heterocycles. The number of nitrogens with two attached hydrogens (primary N) is 1. The Labute approximate surface area is 65.6 Å². The summed E-state index contributed by atoms with van der Waals surface area (Å²) in [5, 5.41) is 8.87. The van der Waals surface area contributed by atoms with E-state index in [1.807, 2.05) is 0 Å². The van der Waals surface area contributed by atoms with E-state index in [9.17, 15) is 4.79 Å². The van der Waals surface area contributed by atoms with Gasteiger partial charge in [0.15, 0.2) is 0 Å². The van der Waals surface area contributed by atoms with Crippen LogP contribution in [0.5, 0.6) is 0 Å². The highest BCUT2D eigenvalue weighted by Crippen LogP contribution is 2.49. The maximum absolute atomic E-state index is 10.8. The molecule has 0 unspecified atom stereocenters. The Balaban J connectivity index is 2.23. The van der Waals surface area contributed by atoms with E-state index in [1.165, 1.54) is 6.42 Å². The van der Waals surface area contributed by atoms with Crippen molar-refractivity contribution >= 4 is 5.97 Å². The van der Waals surface area contributed by atoms with Gasteiger partial charge < -0.3 is 10.8 Å². The first-order valence-electron chi connectivity index (χ1n) is 4.15. The van der Waals surface area contributed by atoms with Gasteiger partial charge in [-0.15, -0.1) is 0 Å². The van der Waals surface area contributed by atoms with E-state index < -0.39 is 11.5 Å². The molecule has 11 heavy (non-hydrogen) atoms. The van der Waals surface area contributed by atoms with Crippen LogP contribution in [0.2, 0.25) is 0 Å². The fourth-order valence-corrected chi connectivity index (χ4v) is 2.63. The van der Waals surface area contributed by atoms with E-state index >= 15 is 0 Å². The number of carbonyl (C=O) groups is 1. The lowest BCUT2D eigenvalue weighted by Crippen LogP contribution is -2.52. The van der Waals surface area contributed by atoms with Crippen LogP contribution in [-0.4, -0.2) is 16.6 Å². The van der Waals surface area contributed by atoms with Crippen LogP contribution in [0.25, 0.3) is 0 Å². The summed E-state index contributed by atoms with van der Waals surface area (Å²) in [6.45, 7) is 0. The van der Waals surface area contributed by atoms with E-state index in [0.717, 1.165) is 12.8 Å². The molecule has 0 radical (unpaired) electrons. The second-order valence-corrected chi connectivity index (χ2v) is 3.93. The van der Waals surface area contributed by atoms with Gasteiger partial charge in [0.2, 0.25) is 0 Å². The third-order valence-electron chi connectivity index (χ3n) is 3.29. The first-order valence-corrected chi connectivity index (χ1v) is 4.15. The van der Waals surface area contributed by atoms with Crippen molar-refractivity contribution in [3.63, 3.8) is 0 Å². The average Bonchev–Trinajstić information content (AvgIpc) is 2.45. The van der Waals surface area contributed by atoms with Crippen LogP contribution in [0.3, 0.4) is 0 Å². The van der Waals surface area contributed by atoms with E-state index in [-0.39, 0.29) is 5.92 Å². The number of aliphatic carboxylic acids is 1. The maximum atomic E-state index is 10.8. The Bertz CT molecular complexity index is 204. The molecule has 0 aromatic heterocycles.